The molecule has 0 radical (unpaired) electrons. The summed E-state index contributed by atoms with van der Waals surface area (Å²) in [5, 5.41) is 10.9. The van der Waals surface area contributed by atoms with Crippen molar-refractivity contribution in [2.45, 2.75) is 38.0 Å². The van der Waals surface area contributed by atoms with Gasteiger partial charge in [0.25, 0.3) is 0 Å². The number of rotatable bonds is 6. The third kappa shape index (κ3) is 4.70. The number of anilines is 1. The molecule has 1 saturated heterocycles. The molecule has 2 aliphatic rings. The number of aliphatic hydroxyl groups is 1. The van der Waals surface area contributed by atoms with E-state index in [-0.39, 0.29) is 6.10 Å². The molecule has 1 N–H and O–H groups in total. The highest BCUT2D eigenvalue weighted by molar-refractivity contribution is 5.47. The monoisotopic (exact) mass is 366 g/mol. The van der Waals surface area contributed by atoms with Crippen LogP contribution in [-0.4, -0.2) is 55.0 Å². The van der Waals surface area contributed by atoms with Gasteiger partial charge in [-0.25, -0.2) is 0 Å². The zero-order chi connectivity index (χ0) is 18.5. The fourth-order valence-corrected chi connectivity index (χ4v) is 4.37. The van der Waals surface area contributed by atoms with E-state index in [1.807, 2.05) is 6.07 Å². The van der Waals surface area contributed by atoms with Crippen LogP contribution >= 0.6 is 0 Å². The van der Waals surface area contributed by atoms with Crippen LogP contribution in [-0.2, 0) is 17.7 Å². The van der Waals surface area contributed by atoms with Crippen LogP contribution in [0.3, 0.4) is 0 Å². The molecule has 1 unspecified atom stereocenters. The second-order valence-corrected chi connectivity index (χ2v) is 7.74. The first-order valence-electron chi connectivity index (χ1n) is 10.2. The predicted octanol–water partition coefficient (Wildman–Crippen LogP) is 3.09. The highest BCUT2D eigenvalue weighted by Gasteiger charge is 2.25. The lowest BCUT2D eigenvalue weighted by Crippen LogP contribution is -2.47. The zero-order valence-electron chi connectivity index (χ0n) is 16.0. The number of fused-ring (bicyclic) bond motifs is 1. The maximum atomic E-state index is 10.9. The van der Waals surface area contributed by atoms with E-state index in [0.29, 0.717) is 12.6 Å². The predicted molar refractivity (Wildman–Crippen MR) is 109 cm³/mol. The van der Waals surface area contributed by atoms with E-state index in [0.717, 1.165) is 52.1 Å². The Morgan fingerprint density at radius 2 is 1.70 bits per heavy atom. The minimum Gasteiger partial charge on any atom is -0.390 e. The molecule has 0 bridgehead atoms. The summed E-state index contributed by atoms with van der Waals surface area (Å²) in [6, 6.07) is 19.6. The first-order chi connectivity index (χ1) is 13.3. The molecular weight excluding hydrogens is 336 g/mol. The Morgan fingerprint density at radius 1 is 1.00 bits per heavy atom. The van der Waals surface area contributed by atoms with E-state index in [1.165, 1.54) is 16.8 Å². The summed E-state index contributed by atoms with van der Waals surface area (Å²) in [4.78, 5) is 4.78. The Balaban J connectivity index is 1.40. The molecule has 0 aliphatic carbocycles. The smallest absolute Gasteiger partial charge is 0.0841 e. The van der Waals surface area contributed by atoms with E-state index in [9.17, 15) is 5.11 Å². The van der Waals surface area contributed by atoms with Gasteiger partial charge in [-0.3, -0.25) is 4.90 Å². The number of nitrogens with zero attached hydrogens (tertiary/aromatic N) is 2. The van der Waals surface area contributed by atoms with Gasteiger partial charge in [0.1, 0.15) is 0 Å². The summed E-state index contributed by atoms with van der Waals surface area (Å²) >= 11 is 0. The van der Waals surface area contributed by atoms with Crippen LogP contribution in [0, 0.1) is 0 Å². The fraction of sp³-hybridized carbons (Fsp3) is 0.478. The summed E-state index contributed by atoms with van der Waals surface area (Å²) in [5.74, 6) is 0. The maximum absolute atomic E-state index is 10.9. The standard InChI is InChI=1S/C23H30N2O2/c26-23(17-24-13-10-19-6-4-5-7-20(19)16-24)18-25(21-8-2-1-3-9-21)22-11-14-27-15-12-22/h1-9,22-23,26H,10-18H2. The van der Waals surface area contributed by atoms with Crippen molar-refractivity contribution in [1.29, 1.82) is 0 Å². The topological polar surface area (TPSA) is 35.9 Å². The van der Waals surface area contributed by atoms with Gasteiger partial charge in [-0.15, -0.1) is 0 Å². The van der Waals surface area contributed by atoms with E-state index in [4.69, 9.17) is 4.74 Å². The SMILES string of the molecule is OC(CN1CCc2ccccc2C1)CN(c1ccccc1)C1CCOCC1. The number of benzene rings is 2. The number of ether oxygens (including phenoxy) is 1. The lowest BCUT2D eigenvalue weighted by molar-refractivity contribution is 0.0756. The quantitative estimate of drug-likeness (QED) is 0.852. The molecule has 4 rings (SSSR count). The molecule has 1 atom stereocenters. The summed E-state index contributed by atoms with van der Waals surface area (Å²) in [6.45, 7) is 4.99. The molecule has 4 nitrogen and oxygen atoms in total. The molecule has 1 fully saturated rings. The normalized spacial score (nSPS) is 19.4. The minimum atomic E-state index is -0.363. The first-order valence-corrected chi connectivity index (χ1v) is 10.2. The molecule has 0 aromatic heterocycles. The van der Waals surface area contributed by atoms with Crippen molar-refractivity contribution in [3.05, 3.63) is 65.7 Å². The van der Waals surface area contributed by atoms with Crippen molar-refractivity contribution in [2.24, 2.45) is 0 Å². The van der Waals surface area contributed by atoms with Crippen molar-refractivity contribution in [3.8, 4) is 0 Å². The summed E-state index contributed by atoms with van der Waals surface area (Å²) in [5.41, 5.74) is 4.06. The molecule has 0 spiro atoms. The number of para-hydroxylation sites is 1. The van der Waals surface area contributed by atoms with Crippen LogP contribution < -0.4 is 4.90 Å². The number of hydrogen-bond donors (Lipinski definition) is 1. The van der Waals surface area contributed by atoms with Crippen molar-refractivity contribution < 1.29 is 9.84 Å². The maximum Gasteiger partial charge on any atom is 0.0841 e. The Morgan fingerprint density at radius 3 is 2.48 bits per heavy atom. The highest BCUT2D eigenvalue weighted by Crippen LogP contribution is 2.24. The zero-order valence-corrected chi connectivity index (χ0v) is 16.0. The molecular formula is C23H30N2O2. The van der Waals surface area contributed by atoms with Crippen LogP contribution in [0.1, 0.15) is 24.0 Å². The lowest BCUT2D eigenvalue weighted by Gasteiger charge is -2.38. The van der Waals surface area contributed by atoms with Gasteiger partial charge in [0, 0.05) is 51.1 Å². The summed E-state index contributed by atoms with van der Waals surface area (Å²) < 4.78 is 5.55. The lowest BCUT2D eigenvalue weighted by atomic mass is 9.99. The second-order valence-electron chi connectivity index (χ2n) is 7.74. The first kappa shape index (κ1) is 18.5. The molecule has 2 aliphatic heterocycles. The number of aliphatic hydroxyl groups excluding tert-OH is 1. The van der Waals surface area contributed by atoms with E-state index in [2.05, 4.69) is 58.3 Å². The van der Waals surface area contributed by atoms with Gasteiger partial charge in [0.2, 0.25) is 0 Å². The molecule has 27 heavy (non-hydrogen) atoms. The Kier molecular flexibility index (Phi) is 6.07. The molecule has 2 aromatic carbocycles. The van der Waals surface area contributed by atoms with Gasteiger partial charge < -0.3 is 14.7 Å². The van der Waals surface area contributed by atoms with Gasteiger partial charge in [0.05, 0.1) is 6.10 Å². The van der Waals surface area contributed by atoms with Crippen LogP contribution in [0.25, 0.3) is 0 Å². The summed E-state index contributed by atoms with van der Waals surface area (Å²) in [7, 11) is 0. The average Bonchev–Trinajstić information content (AvgIpc) is 2.73. The van der Waals surface area contributed by atoms with Gasteiger partial charge in [-0.1, -0.05) is 42.5 Å². The second kappa shape index (κ2) is 8.87. The van der Waals surface area contributed by atoms with Crippen molar-refractivity contribution in [1.82, 2.24) is 4.90 Å². The van der Waals surface area contributed by atoms with E-state index < -0.39 is 0 Å². The molecule has 0 amide bonds. The number of β-amino-alcohol motifs (C(OH)–C–C–N with tert-alkyl or cyclic N) is 1. The molecule has 0 saturated carbocycles. The third-order valence-electron chi connectivity index (χ3n) is 5.81. The largest absolute Gasteiger partial charge is 0.390 e. The van der Waals surface area contributed by atoms with Crippen LogP contribution in [0.2, 0.25) is 0 Å². The highest BCUT2D eigenvalue weighted by atomic mass is 16.5. The van der Waals surface area contributed by atoms with Gasteiger partial charge in [-0.05, 0) is 42.5 Å². The molecule has 2 aromatic rings. The minimum absolute atomic E-state index is 0.363. The Hall–Kier alpha value is -1.88. The van der Waals surface area contributed by atoms with Crippen LogP contribution in [0.4, 0.5) is 5.69 Å². The van der Waals surface area contributed by atoms with Crippen molar-refractivity contribution in [3.63, 3.8) is 0 Å². The van der Waals surface area contributed by atoms with Crippen LogP contribution in [0.15, 0.2) is 54.6 Å². The Bertz CT molecular complexity index is 715. The van der Waals surface area contributed by atoms with Gasteiger partial charge >= 0.3 is 0 Å². The molecule has 2 heterocycles. The van der Waals surface area contributed by atoms with Gasteiger partial charge in [-0.2, -0.15) is 0 Å². The molecule has 144 valence electrons. The Labute approximate surface area is 162 Å². The fourth-order valence-electron chi connectivity index (χ4n) is 4.37. The summed E-state index contributed by atoms with van der Waals surface area (Å²) in [6.07, 6.45) is 2.76. The van der Waals surface area contributed by atoms with E-state index in [1.54, 1.807) is 0 Å². The van der Waals surface area contributed by atoms with Crippen molar-refractivity contribution >= 4 is 5.69 Å². The third-order valence-corrected chi connectivity index (χ3v) is 5.81. The van der Waals surface area contributed by atoms with E-state index >= 15 is 0 Å². The van der Waals surface area contributed by atoms with Crippen LogP contribution in [0.5, 0.6) is 0 Å². The number of hydrogen-bond acceptors (Lipinski definition) is 4. The molecule has 4 heteroatoms. The van der Waals surface area contributed by atoms with Gasteiger partial charge in [0.15, 0.2) is 0 Å². The average molecular weight is 367 g/mol. The van der Waals surface area contributed by atoms with Crippen molar-refractivity contribution in [2.75, 3.05) is 37.7 Å².